The highest BCUT2D eigenvalue weighted by molar-refractivity contribution is 5.79. The van der Waals surface area contributed by atoms with Crippen molar-refractivity contribution in [3.8, 4) is 0 Å². The fourth-order valence-corrected chi connectivity index (χ4v) is 5.44. The Bertz CT molecular complexity index is 940. The quantitative estimate of drug-likeness (QED) is 0.706. The largest absolute Gasteiger partial charge is 0.371 e. The number of anilines is 2. The number of para-hydroxylation sites is 1. The lowest BCUT2D eigenvalue weighted by atomic mass is 9.86. The summed E-state index contributed by atoms with van der Waals surface area (Å²) in [5.41, 5.74) is 5.13. The predicted octanol–water partition coefficient (Wildman–Crippen LogP) is 3.53. The molecule has 1 aromatic carbocycles. The number of hydrogen-bond donors (Lipinski definition) is 1. The van der Waals surface area contributed by atoms with Gasteiger partial charge in [0.2, 0.25) is 11.9 Å². The molecule has 5 rings (SSSR count). The Hall–Kier alpha value is -2.63. The van der Waals surface area contributed by atoms with Crippen LogP contribution in [0.3, 0.4) is 0 Å². The Balaban J connectivity index is 1.09. The highest BCUT2D eigenvalue weighted by atomic mass is 16.1. The van der Waals surface area contributed by atoms with Crippen molar-refractivity contribution in [3.63, 3.8) is 0 Å². The highest BCUT2D eigenvalue weighted by Gasteiger charge is 2.27. The molecule has 1 N–H and O–H groups in total. The van der Waals surface area contributed by atoms with Crippen LogP contribution in [0.1, 0.15) is 55.3 Å². The van der Waals surface area contributed by atoms with Crippen molar-refractivity contribution in [2.45, 2.75) is 57.8 Å². The van der Waals surface area contributed by atoms with Crippen LogP contribution in [0.25, 0.3) is 0 Å². The first-order chi connectivity index (χ1) is 15.8. The minimum Gasteiger partial charge on any atom is -0.371 e. The van der Waals surface area contributed by atoms with Gasteiger partial charge in [-0.1, -0.05) is 18.2 Å². The number of nitrogens with zero attached hydrogens (tertiary/aromatic N) is 4. The molecule has 0 unspecified atom stereocenters. The molecule has 2 aromatic rings. The number of rotatable bonds is 6. The molecule has 0 spiro atoms. The Morgan fingerprint density at radius 1 is 1.03 bits per heavy atom. The molecule has 3 aliphatic rings. The normalized spacial score (nSPS) is 20.4. The molecule has 170 valence electrons. The van der Waals surface area contributed by atoms with Crippen molar-refractivity contribution in [1.82, 2.24) is 15.3 Å². The molecule has 32 heavy (non-hydrogen) atoms. The topological polar surface area (TPSA) is 61.4 Å². The number of piperidine rings is 1. The van der Waals surface area contributed by atoms with Crippen LogP contribution in [0.2, 0.25) is 0 Å². The van der Waals surface area contributed by atoms with Gasteiger partial charge in [0.1, 0.15) is 0 Å². The SMILES string of the molecule is O=C(NCCCN1CCCc2ccccc21)[C@H]1CCc2nc(N3CCCCC3)ncc2C1. The smallest absolute Gasteiger partial charge is 0.225 e. The average Bonchev–Trinajstić information content (AvgIpc) is 2.86. The number of nitrogens with one attached hydrogen (secondary N) is 1. The van der Waals surface area contributed by atoms with Gasteiger partial charge in [0.05, 0.1) is 0 Å². The second-order valence-corrected chi connectivity index (χ2v) is 9.49. The number of amides is 1. The Labute approximate surface area is 191 Å². The molecule has 6 heteroatoms. The minimum atomic E-state index is 0.0441. The van der Waals surface area contributed by atoms with Crippen LogP contribution in [-0.2, 0) is 24.1 Å². The molecule has 3 heterocycles. The summed E-state index contributed by atoms with van der Waals surface area (Å²) in [4.78, 5) is 27.1. The maximum atomic E-state index is 12.8. The second kappa shape index (κ2) is 9.88. The maximum Gasteiger partial charge on any atom is 0.225 e. The van der Waals surface area contributed by atoms with E-state index in [0.29, 0.717) is 0 Å². The molecule has 0 bridgehead atoms. The van der Waals surface area contributed by atoms with E-state index in [-0.39, 0.29) is 11.8 Å². The highest BCUT2D eigenvalue weighted by Crippen LogP contribution is 2.27. The standard InChI is InChI=1S/C26H35N5O/c32-25(27-13-7-17-30-16-6-9-20-8-2-3-10-24(20)30)21-11-12-23-22(18-21)19-28-26(29-23)31-14-4-1-5-15-31/h2-3,8,10,19,21H,1,4-7,9,11-18H2,(H,27,32)/t21-/m0/s1. The lowest BCUT2D eigenvalue weighted by Crippen LogP contribution is -2.37. The third-order valence-electron chi connectivity index (χ3n) is 7.26. The number of carbonyl (C=O) groups is 1. The van der Waals surface area contributed by atoms with Gasteiger partial charge >= 0.3 is 0 Å². The zero-order chi connectivity index (χ0) is 21.8. The molecule has 1 atom stereocenters. The monoisotopic (exact) mass is 433 g/mol. The summed E-state index contributed by atoms with van der Waals surface area (Å²) in [6, 6.07) is 8.72. The summed E-state index contributed by atoms with van der Waals surface area (Å²) >= 11 is 0. The molecule has 0 radical (unpaired) electrons. The van der Waals surface area contributed by atoms with E-state index in [9.17, 15) is 4.79 Å². The van der Waals surface area contributed by atoms with Crippen LogP contribution in [-0.4, -0.2) is 48.6 Å². The third kappa shape index (κ3) is 4.74. The van der Waals surface area contributed by atoms with E-state index in [4.69, 9.17) is 4.98 Å². The predicted molar refractivity (Wildman–Crippen MR) is 128 cm³/mol. The molecule has 1 amide bonds. The van der Waals surface area contributed by atoms with Crippen molar-refractivity contribution in [3.05, 3.63) is 47.3 Å². The summed E-state index contributed by atoms with van der Waals surface area (Å²) in [5.74, 6) is 1.11. The van der Waals surface area contributed by atoms with Crippen LogP contribution in [0.5, 0.6) is 0 Å². The van der Waals surface area contributed by atoms with Crippen molar-refractivity contribution < 1.29 is 4.79 Å². The molecule has 0 saturated carbocycles. The van der Waals surface area contributed by atoms with Crippen molar-refractivity contribution >= 4 is 17.5 Å². The number of aryl methyl sites for hydroxylation is 2. The third-order valence-corrected chi connectivity index (χ3v) is 7.26. The van der Waals surface area contributed by atoms with E-state index in [1.807, 2.05) is 6.20 Å². The molecule has 1 saturated heterocycles. The lowest BCUT2D eigenvalue weighted by molar-refractivity contribution is -0.125. The van der Waals surface area contributed by atoms with Gasteiger partial charge in [0, 0.05) is 56.2 Å². The van der Waals surface area contributed by atoms with E-state index >= 15 is 0 Å². The Morgan fingerprint density at radius 2 is 1.91 bits per heavy atom. The first-order valence-corrected chi connectivity index (χ1v) is 12.5. The van der Waals surface area contributed by atoms with E-state index in [1.54, 1.807) is 0 Å². The van der Waals surface area contributed by atoms with E-state index < -0.39 is 0 Å². The van der Waals surface area contributed by atoms with Crippen LogP contribution in [0, 0.1) is 5.92 Å². The van der Waals surface area contributed by atoms with Crippen LogP contribution in [0.4, 0.5) is 11.6 Å². The molecular formula is C26H35N5O. The van der Waals surface area contributed by atoms with Crippen LogP contribution in [0.15, 0.2) is 30.5 Å². The fourth-order valence-electron chi connectivity index (χ4n) is 5.44. The Kier molecular flexibility index (Phi) is 6.56. The van der Waals surface area contributed by atoms with E-state index in [2.05, 4.69) is 44.4 Å². The molecule has 2 aliphatic heterocycles. The minimum absolute atomic E-state index is 0.0441. The van der Waals surface area contributed by atoms with Gasteiger partial charge in [-0.2, -0.15) is 0 Å². The van der Waals surface area contributed by atoms with E-state index in [0.717, 1.165) is 75.6 Å². The number of benzene rings is 1. The molecular weight excluding hydrogens is 398 g/mol. The zero-order valence-electron chi connectivity index (χ0n) is 19.1. The van der Waals surface area contributed by atoms with Gasteiger partial charge in [-0.25, -0.2) is 9.97 Å². The van der Waals surface area contributed by atoms with Gasteiger partial charge in [0.15, 0.2) is 0 Å². The summed E-state index contributed by atoms with van der Waals surface area (Å²) < 4.78 is 0. The van der Waals surface area contributed by atoms with Gasteiger partial charge in [-0.3, -0.25) is 4.79 Å². The first-order valence-electron chi connectivity index (χ1n) is 12.5. The molecule has 1 aliphatic carbocycles. The van der Waals surface area contributed by atoms with Gasteiger partial charge in [-0.05, 0) is 75.0 Å². The molecule has 6 nitrogen and oxygen atoms in total. The fraction of sp³-hybridized carbons (Fsp3) is 0.577. The van der Waals surface area contributed by atoms with E-state index in [1.165, 1.54) is 43.4 Å². The number of hydrogen-bond acceptors (Lipinski definition) is 5. The van der Waals surface area contributed by atoms with Crippen molar-refractivity contribution in [1.29, 1.82) is 0 Å². The summed E-state index contributed by atoms with van der Waals surface area (Å²) in [5, 5.41) is 3.20. The Morgan fingerprint density at radius 3 is 2.81 bits per heavy atom. The maximum absolute atomic E-state index is 12.8. The summed E-state index contributed by atoms with van der Waals surface area (Å²) in [6.45, 7) is 4.98. The van der Waals surface area contributed by atoms with Gasteiger partial charge in [-0.15, -0.1) is 0 Å². The molecule has 1 aromatic heterocycles. The van der Waals surface area contributed by atoms with Crippen LogP contribution < -0.4 is 15.1 Å². The summed E-state index contributed by atoms with van der Waals surface area (Å²) in [7, 11) is 0. The van der Waals surface area contributed by atoms with Crippen molar-refractivity contribution in [2.75, 3.05) is 42.5 Å². The first kappa shape index (κ1) is 21.2. The average molecular weight is 434 g/mol. The zero-order valence-corrected chi connectivity index (χ0v) is 19.1. The number of carbonyl (C=O) groups excluding carboxylic acids is 1. The summed E-state index contributed by atoms with van der Waals surface area (Å²) in [6.07, 6.45) is 11.6. The number of fused-ring (bicyclic) bond motifs is 2. The van der Waals surface area contributed by atoms with Gasteiger partial charge in [0.25, 0.3) is 0 Å². The second-order valence-electron chi connectivity index (χ2n) is 9.49. The van der Waals surface area contributed by atoms with Gasteiger partial charge < -0.3 is 15.1 Å². The molecule has 1 fully saturated rings. The number of aromatic nitrogens is 2. The van der Waals surface area contributed by atoms with Crippen molar-refractivity contribution in [2.24, 2.45) is 5.92 Å². The lowest BCUT2D eigenvalue weighted by Gasteiger charge is -2.31. The van der Waals surface area contributed by atoms with Crippen LogP contribution >= 0.6 is 0 Å².